The maximum Gasteiger partial charge on any atom is 0.127 e. The maximum atomic E-state index is 6.98. The number of hydrogen-bond acceptors (Lipinski definition) is 6. The van der Waals surface area contributed by atoms with E-state index in [1.807, 2.05) is 0 Å². The van der Waals surface area contributed by atoms with Gasteiger partial charge in [0.1, 0.15) is 23.0 Å². The highest BCUT2D eigenvalue weighted by molar-refractivity contribution is 6.00. The van der Waals surface area contributed by atoms with Gasteiger partial charge in [0.05, 0.1) is 49.2 Å². The number of anilines is 6. The molecule has 0 saturated carbocycles. The number of aryl methyl sites for hydroxylation is 4. The number of rotatable bonds is 37. The van der Waals surface area contributed by atoms with Crippen LogP contribution in [0.25, 0.3) is 101 Å². The van der Waals surface area contributed by atoms with Crippen molar-refractivity contribution < 1.29 is 18.9 Å². The van der Waals surface area contributed by atoms with E-state index in [2.05, 4.69) is 322 Å². The van der Waals surface area contributed by atoms with Crippen molar-refractivity contribution in [2.24, 2.45) is 11.8 Å². The lowest BCUT2D eigenvalue weighted by Crippen LogP contribution is -2.12. The van der Waals surface area contributed by atoms with Crippen molar-refractivity contribution >= 4 is 80.0 Å². The third kappa shape index (κ3) is 19.1. The summed E-state index contributed by atoms with van der Waals surface area (Å²) >= 11 is 0. The average molecular weight is 1510 g/mol. The SMILES string of the molecule is CCCCCCCCOc1ccc(-c2ccc3c(c2)C=Cc2cc(-c4ccc(C)c(-c5cc(-c6ccc7c(c6)C=Cc6cc(C)ccc6N7c6ccc7cc(OCC(CC)CCCC)ccc7c6)ccc5OCCCCCCCC)c4)ccc2N3c2ccc3cc(OCC(CC)CCCC)ccc3c2)cc1-c1cc(C)ccc1C. The van der Waals surface area contributed by atoms with E-state index in [9.17, 15) is 0 Å². The summed E-state index contributed by atoms with van der Waals surface area (Å²) in [6.07, 6.45) is 33.3. The molecule has 14 rings (SSSR count). The second kappa shape index (κ2) is 38.5. The van der Waals surface area contributed by atoms with Gasteiger partial charge in [0.25, 0.3) is 0 Å². The summed E-state index contributed by atoms with van der Waals surface area (Å²) < 4.78 is 26.7. The van der Waals surface area contributed by atoms with Crippen LogP contribution in [0.3, 0.4) is 0 Å². The molecule has 2 heterocycles. The number of nitrogens with zero attached hydrogens (tertiary/aromatic N) is 2. The summed E-state index contributed by atoms with van der Waals surface area (Å²) in [7, 11) is 0. The quantitative estimate of drug-likeness (QED) is 0.0362. The predicted molar refractivity (Wildman–Crippen MR) is 490 cm³/mol. The summed E-state index contributed by atoms with van der Waals surface area (Å²) in [6.45, 7) is 25.4. The minimum atomic E-state index is 0.552. The van der Waals surface area contributed by atoms with E-state index in [1.54, 1.807) is 0 Å². The monoisotopic (exact) mass is 1510 g/mol. The van der Waals surface area contributed by atoms with Gasteiger partial charge in [-0.05, 0) is 292 Å². The van der Waals surface area contributed by atoms with Crippen LogP contribution in [0.2, 0.25) is 0 Å². The second-order valence-corrected chi connectivity index (χ2v) is 32.6. The Morgan fingerprint density at radius 3 is 1.06 bits per heavy atom. The molecule has 12 aromatic rings. The van der Waals surface area contributed by atoms with E-state index in [0.717, 1.165) is 180 Å². The minimum absolute atomic E-state index is 0.552. The molecule has 2 unspecified atom stereocenters. The van der Waals surface area contributed by atoms with Crippen molar-refractivity contribution in [2.45, 2.75) is 198 Å². The molecule has 2 atom stereocenters. The Morgan fingerprint density at radius 1 is 0.272 bits per heavy atom. The Hall–Kier alpha value is -10.6. The Kier molecular flexibility index (Phi) is 27.0. The molecule has 114 heavy (non-hydrogen) atoms. The summed E-state index contributed by atoms with van der Waals surface area (Å²) in [6, 6.07) is 82.4. The van der Waals surface area contributed by atoms with Crippen LogP contribution < -0.4 is 28.7 Å². The van der Waals surface area contributed by atoms with Gasteiger partial charge in [0.2, 0.25) is 0 Å². The third-order valence-corrected chi connectivity index (χ3v) is 24.0. The molecular weight excluding hydrogens is 1390 g/mol. The first-order valence-electron chi connectivity index (χ1n) is 43.4. The molecule has 0 fully saturated rings. The van der Waals surface area contributed by atoms with E-state index in [-0.39, 0.29) is 0 Å². The number of hydrogen-bond donors (Lipinski definition) is 0. The zero-order valence-electron chi connectivity index (χ0n) is 69.7. The standard InChI is InChI=1S/C108H120N2O4/c1-11-17-21-23-25-27-59-111-107-57-47-89(71-101(107)99-62-76(8)31-33-77(99)9)82-46-56-106-94(65-82)39-38-93-63-81(44-54-105(93)110(106)96-50-41-87-69-98(52-43-85(87)67-96)114-74-80(16-6)30-20-14-4)88-35-34-78(10)100(70-88)102-72-90(48-58-108(102)112-60-28-26-24-22-18-12-2)83-45-55-104-92(64-83)37-36-91-61-75(7)32-53-103(91)109(104)95-49-40-86-68-97(51-42-84(86)66-95)113-73-79(15-5)29-19-13-3/h31-58,61-72,79-80H,11-30,59-60,73-74H2,1-10H3. The predicted octanol–water partition coefficient (Wildman–Crippen LogP) is 32.1. The highest BCUT2D eigenvalue weighted by Gasteiger charge is 2.26. The van der Waals surface area contributed by atoms with Gasteiger partial charge in [-0.2, -0.15) is 0 Å². The highest BCUT2D eigenvalue weighted by Crippen LogP contribution is 2.49. The lowest BCUT2D eigenvalue weighted by molar-refractivity contribution is 0.233. The molecule has 6 nitrogen and oxygen atoms in total. The molecule has 0 radical (unpaired) electrons. The van der Waals surface area contributed by atoms with Crippen molar-refractivity contribution in [3.63, 3.8) is 0 Å². The van der Waals surface area contributed by atoms with Crippen molar-refractivity contribution in [3.8, 4) is 78.6 Å². The maximum absolute atomic E-state index is 6.98. The summed E-state index contributed by atoms with van der Waals surface area (Å²) in [5, 5.41) is 4.68. The van der Waals surface area contributed by atoms with Gasteiger partial charge in [-0.1, -0.05) is 271 Å². The van der Waals surface area contributed by atoms with Gasteiger partial charge >= 0.3 is 0 Å². The number of ether oxygens (including phenoxy) is 4. The largest absolute Gasteiger partial charge is 0.493 e. The van der Waals surface area contributed by atoms with E-state index >= 15 is 0 Å². The first kappa shape index (κ1) is 80.1. The van der Waals surface area contributed by atoms with Crippen LogP contribution in [0.5, 0.6) is 23.0 Å². The molecule has 6 heteroatoms. The molecule has 586 valence electrons. The molecule has 0 aromatic heterocycles. The smallest absolute Gasteiger partial charge is 0.127 e. The Labute approximate surface area is 681 Å². The lowest BCUT2D eigenvalue weighted by atomic mass is 9.91. The average Bonchev–Trinajstić information content (AvgIpc) is 1.39. The first-order valence-corrected chi connectivity index (χ1v) is 43.4. The van der Waals surface area contributed by atoms with Gasteiger partial charge in [-0.15, -0.1) is 0 Å². The van der Waals surface area contributed by atoms with Crippen molar-refractivity contribution in [1.82, 2.24) is 0 Å². The van der Waals surface area contributed by atoms with Crippen LogP contribution in [0.4, 0.5) is 34.1 Å². The zero-order chi connectivity index (χ0) is 78.9. The molecule has 0 aliphatic carbocycles. The number of fused-ring (bicyclic) bond motifs is 6. The summed E-state index contributed by atoms with van der Waals surface area (Å²) in [5.74, 6) is 4.83. The van der Waals surface area contributed by atoms with Crippen molar-refractivity contribution in [3.05, 3.63) is 263 Å². The van der Waals surface area contributed by atoms with Gasteiger partial charge in [-0.25, -0.2) is 0 Å². The Morgan fingerprint density at radius 2 is 0.614 bits per heavy atom. The van der Waals surface area contributed by atoms with Gasteiger partial charge in [-0.3, -0.25) is 0 Å². The van der Waals surface area contributed by atoms with Crippen LogP contribution in [-0.4, -0.2) is 26.4 Å². The lowest BCUT2D eigenvalue weighted by Gasteiger charge is -2.28. The van der Waals surface area contributed by atoms with Crippen LogP contribution in [0, 0.1) is 39.5 Å². The fourth-order valence-electron chi connectivity index (χ4n) is 16.8. The second-order valence-electron chi connectivity index (χ2n) is 32.6. The van der Waals surface area contributed by atoms with Crippen LogP contribution in [-0.2, 0) is 0 Å². The fraction of sp³-hybridized carbons (Fsp3) is 0.333. The first-order chi connectivity index (χ1) is 55.9. The molecule has 0 bridgehead atoms. The zero-order valence-corrected chi connectivity index (χ0v) is 69.7. The Balaban J connectivity index is 0.818. The van der Waals surface area contributed by atoms with E-state index in [1.165, 1.54) is 140 Å². The van der Waals surface area contributed by atoms with Crippen molar-refractivity contribution in [2.75, 3.05) is 36.2 Å². The fourth-order valence-corrected chi connectivity index (χ4v) is 16.8. The third-order valence-electron chi connectivity index (χ3n) is 24.0. The number of benzene rings is 12. The van der Waals surface area contributed by atoms with Gasteiger partial charge in [0, 0.05) is 22.5 Å². The van der Waals surface area contributed by atoms with Gasteiger partial charge in [0.15, 0.2) is 0 Å². The topological polar surface area (TPSA) is 43.4 Å². The van der Waals surface area contributed by atoms with Crippen LogP contribution in [0.15, 0.2) is 218 Å². The van der Waals surface area contributed by atoms with Gasteiger partial charge < -0.3 is 28.7 Å². The molecule has 2 aliphatic rings. The number of unbranched alkanes of at least 4 members (excludes halogenated alkanes) is 12. The molecule has 12 aromatic carbocycles. The van der Waals surface area contributed by atoms with E-state index < -0.39 is 0 Å². The molecule has 2 aliphatic heterocycles. The highest BCUT2D eigenvalue weighted by atomic mass is 16.5. The molecule has 0 N–H and O–H groups in total. The Bertz CT molecular complexity index is 5370. The van der Waals surface area contributed by atoms with Crippen molar-refractivity contribution in [1.29, 1.82) is 0 Å². The molecule has 0 spiro atoms. The van der Waals surface area contributed by atoms with E-state index in [4.69, 9.17) is 18.9 Å². The summed E-state index contributed by atoms with van der Waals surface area (Å²) in [4.78, 5) is 4.92. The van der Waals surface area contributed by atoms with E-state index in [0.29, 0.717) is 25.0 Å². The normalized spacial score (nSPS) is 12.8. The molecule has 0 saturated heterocycles. The molecule has 0 amide bonds. The van der Waals surface area contributed by atoms with Crippen LogP contribution >= 0.6 is 0 Å². The minimum Gasteiger partial charge on any atom is -0.493 e. The summed E-state index contributed by atoms with van der Waals surface area (Å²) in [5.41, 5.74) is 27.7. The van der Waals surface area contributed by atoms with Crippen LogP contribution in [0.1, 0.15) is 214 Å². The molecular formula is C108H120N2O4.